The van der Waals surface area contributed by atoms with E-state index in [4.69, 9.17) is 39.8 Å². The molecule has 8 rings (SSSR count). The minimum absolute atomic E-state index is 0.00770. The van der Waals surface area contributed by atoms with Crippen LogP contribution in [0.4, 0.5) is 5.82 Å². The second-order valence-electron chi connectivity index (χ2n) is 14.0. The van der Waals surface area contributed by atoms with Crippen molar-refractivity contribution in [3.63, 3.8) is 0 Å². The summed E-state index contributed by atoms with van der Waals surface area (Å²) >= 11 is 6.41. The van der Waals surface area contributed by atoms with E-state index >= 15 is 0 Å². The molecule has 0 amide bonds. The molecule has 0 radical (unpaired) electrons. The average molecular weight is 819 g/mol. The summed E-state index contributed by atoms with van der Waals surface area (Å²) in [6.07, 6.45) is 0.712. The molecule has 0 bridgehead atoms. The molecule has 2 aliphatic rings. The zero-order chi connectivity index (χ0) is 40.3. The Labute approximate surface area is 341 Å². The Kier molecular flexibility index (Phi) is 11.4. The van der Waals surface area contributed by atoms with E-state index < -0.39 is 41.9 Å². The summed E-state index contributed by atoms with van der Waals surface area (Å²) in [5, 5.41) is 0. The molecular formula is C44H43N4O8PS. The zero-order valence-corrected chi connectivity index (χ0v) is 33.9. The Morgan fingerprint density at radius 3 is 2.03 bits per heavy atom. The smallest absolute Gasteiger partial charge is 0.330 e. The lowest BCUT2D eigenvalue weighted by atomic mass is 9.80. The first kappa shape index (κ1) is 39.4. The van der Waals surface area contributed by atoms with Gasteiger partial charge >= 0.3 is 5.69 Å². The van der Waals surface area contributed by atoms with Crippen LogP contribution >= 0.6 is 6.64 Å². The fraction of sp³-hybridized carbons (Fsp3) is 0.250. The van der Waals surface area contributed by atoms with Crippen LogP contribution in [-0.4, -0.2) is 54.1 Å². The van der Waals surface area contributed by atoms with Gasteiger partial charge in [0, 0.05) is 24.4 Å². The number of ether oxygens (including phenoxy) is 4. The monoisotopic (exact) mass is 818 g/mol. The molecule has 1 unspecified atom stereocenters. The SMILES string of the molecule is COc1ccc(C(OC[C@H]2O[C@@H](n3cc(C)c(=O)[nH]c3=O)C[C@@H]2OP2(=S)O[C@H](c3ccccc3)CN2c2ccccn2)(c2ccccc2)c2ccc(OC)cc2)cc1. The van der Waals surface area contributed by atoms with Gasteiger partial charge in [-0.05, 0) is 77.4 Å². The van der Waals surface area contributed by atoms with Crippen LogP contribution in [0, 0.1) is 6.92 Å². The second kappa shape index (κ2) is 16.8. The first-order valence-electron chi connectivity index (χ1n) is 18.9. The van der Waals surface area contributed by atoms with Crippen LogP contribution in [0.15, 0.2) is 149 Å². The van der Waals surface area contributed by atoms with Gasteiger partial charge in [-0.3, -0.25) is 19.0 Å². The van der Waals surface area contributed by atoms with Crippen molar-refractivity contribution >= 4 is 24.3 Å². The Morgan fingerprint density at radius 1 is 0.828 bits per heavy atom. The van der Waals surface area contributed by atoms with E-state index in [-0.39, 0.29) is 19.1 Å². The molecule has 4 heterocycles. The van der Waals surface area contributed by atoms with E-state index in [1.165, 1.54) is 10.8 Å². The van der Waals surface area contributed by atoms with E-state index in [1.54, 1.807) is 27.3 Å². The van der Waals surface area contributed by atoms with Gasteiger partial charge in [0.1, 0.15) is 41.4 Å². The Bertz CT molecular complexity index is 2440. The van der Waals surface area contributed by atoms with Crippen LogP contribution in [0.2, 0.25) is 0 Å². The lowest BCUT2D eigenvalue weighted by molar-refractivity contribution is -0.0918. The molecule has 12 nitrogen and oxygen atoms in total. The van der Waals surface area contributed by atoms with Gasteiger partial charge in [-0.15, -0.1) is 0 Å². The lowest BCUT2D eigenvalue weighted by Crippen LogP contribution is -2.39. The van der Waals surface area contributed by atoms with Crippen LogP contribution in [-0.2, 0) is 35.9 Å². The topological polar surface area (TPSA) is 126 Å². The van der Waals surface area contributed by atoms with Gasteiger partial charge in [-0.2, -0.15) is 0 Å². The third-order valence-electron chi connectivity index (χ3n) is 10.5. The number of H-pyrrole nitrogens is 1. The number of hydrogen-bond acceptors (Lipinski definition) is 10. The summed E-state index contributed by atoms with van der Waals surface area (Å²) < 4.78 is 42.2. The van der Waals surface area contributed by atoms with Crippen LogP contribution in [0.3, 0.4) is 0 Å². The van der Waals surface area contributed by atoms with Crippen molar-refractivity contribution in [1.29, 1.82) is 0 Å². The molecule has 0 saturated carbocycles. The van der Waals surface area contributed by atoms with Crippen molar-refractivity contribution in [3.8, 4) is 11.5 Å². The van der Waals surface area contributed by atoms with Gasteiger partial charge in [0.15, 0.2) is 0 Å². The van der Waals surface area contributed by atoms with Crippen LogP contribution in [0.1, 0.15) is 46.6 Å². The summed E-state index contributed by atoms with van der Waals surface area (Å²) in [6, 6.07) is 41.0. The maximum Gasteiger partial charge on any atom is 0.330 e. The van der Waals surface area contributed by atoms with E-state index in [2.05, 4.69) is 9.97 Å². The van der Waals surface area contributed by atoms with Gasteiger partial charge in [-0.1, -0.05) is 91.0 Å². The molecular weight excluding hydrogens is 776 g/mol. The predicted octanol–water partition coefficient (Wildman–Crippen LogP) is 7.44. The standard InChI is InChI=1S/C44H43N4O8PS/c1-30-27-47(43(50)46-42(30)49)41-26-37(55-57(58)48(40-16-10-11-25-45-40)28-38(56-57)31-12-6-4-7-13-31)39(54-41)29-53-44(32-14-8-5-9-15-32,33-17-21-35(51-2)22-18-33)34-19-23-36(52-3)24-20-34/h4-25,27,37-39,41H,26,28-29H2,1-3H3,(H,46,49,50)/t37-,38-,39+,41+,57?/m0/s1. The first-order valence-corrected chi connectivity index (χ1v) is 21.5. The van der Waals surface area contributed by atoms with Gasteiger partial charge in [0.2, 0.25) is 0 Å². The van der Waals surface area contributed by atoms with E-state index in [9.17, 15) is 9.59 Å². The lowest BCUT2D eigenvalue weighted by Gasteiger charge is -2.37. The highest BCUT2D eigenvalue weighted by molar-refractivity contribution is 8.10. The number of methoxy groups -OCH3 is 2. The highest BCUT2D eigenvalue weighted by Gasteiger charge is 2.49. The largest absolute Gasteiger partial charge is 0.497 e. The fourth-order valence-electron chi connectivity index (χ4n) is 7.53. The van der Waals surface area contributed by atoms with E-state index in [1.807, 2.05) is 132 Å². The Hall–Kier alpha value is -5.40. The molecule has 1 N–H and O–H groups in total. The minimum Gasteiger partial charge on any atom is -0.497 e. The number of aryl methyl sites for hydroxylation is 1. The van der Waals surface area contributed by atoms with Crippen LogP contribution in [0.25, 0.3) is 0 Å². The number of aromatic amines is 1. The minimum atomic E-state index is -3.32. The van der Waals surface area contributed by atoms with Crippen molar-refractivity contribution in [2.75, 3.05) is 32.0 Å². The maximum atomic E-state index is 13.3. The molecule has 298 valence electrons. The average Bonchev–Trinajstić information content (AvgIpc) is 3.83. The molecule has 14 heteroatoms. The van der Waals surface area contributed by atoms with Crippen molar-refractivity contribution in [2.45, 2.75) is 43.5 Å². The number of rotatable bonds is 13. The predicted molar refractivity (Wildman–Crippen MR) is 224 cm³/mol. The van der Waals surface area contributed by atoms with E-state index in [0.29, 0.717) is 29.4 Å². The number of nitrogens with zero attached hydrogens (tertiary/aromatic N) is 3. The number of benzene rings is 4. The normalized spacial score (nSPS) is 21.9. The number of hydrogen-bond donors (Lipinski definition) is 1. The number of anilines is 1. The Morgan fingerprint density at radius 2 is 1.43 bits per heavy atom. The molecule has 6 aromatic rings. The van der Waals surface area contributed by atoms with Crippen molar-refractivity contribution in [1.82, 2.24) is 14.5 Å². The maximum absolute atomic E-state index is 13.3. The summed E-state index contributed by atoms with van der Waals surface area (Å²) in [7, 11) is 3.25. The van der Waals surface area contributed by atoms with Gasteiger partial charge < -0.3 is 28.0 Å². The molecule has 0 aliphatic carbocycles. The third kappa shape index (κ3) is 7.77. The van der Waals surface area contributed by atoms with Gasteiger partial charge in [-0.25, -0.2) is 9.78 Å². The molecule has 2 fully saturated rings. The van der Waals surface area contributed by atoms with Crippen LogP contribution in [0.5, 0.6) is 11.5 Å². The zero-order valence-electron chi connectivity index (χ0n) is 32.2. The third-order valence-corrected chi connectivity index (χ3v) is 13.6. The van der Waals surface area contributed by atoms with Crippen molar-refractivity contribution in [2.24, 2.45) is 0 Å². The molecule has 2 saturated heterocycles. The summed E-state index contributed by atoms with van der Waals surface area (Å²) in [5.74, 6) is 2.02. The Balaban J connectivity index is 1.21. The molecule has 2 aromatic heterocycles. The van der Waals surface area contributed by atoms with Gasteiger partial charge in [0.05, 0.1) is 33.5 Å². The molecule has 58 heavy (non-hydrogen) atoms. The van der Waals surface area contributed by atoms with E-state index in [0.717, 1.165) is 22.3 Å². The van der Waals surface area contributed by atoms with Crippen LogP contribution < -0.4 is 25.4 Å². The number of aromatic nitrogens is 3. The summed E-state index contributed by atoms with van der Waals surface area (Å²) in [4.78, 5) is 32.8. The molecule has 4 aromatic carbocycles. The number of pyridine rings is 1. The summed E-state index contributed by atoms with van der Waals surface area (Å²) in [5.41, 5.74) is 1.62. The fourth-order valence-corrected chi connectivity index (χ4v) is 10.7. The highest BCUT2D eigenvalue weighted by Crippen LogP contribution is 2.64. The first-order chi connectivity index (χ1) is 28.2. The molecule has 5 atom stereocenters. The second-order valence-corrected chi connectivity index (χ2v) is 17.3. The molecule has 0 spiro atoms. The molecule has 2 aliphatic heterocycles. The number of nitrogens with one attached hydrogen (secondary N) is 1. The quantitative estimate of drug-likeness (QED) is 0.0924. The summed E-state index contributed by atoms with van der Waals surface area (Å²) in [6.45, 7) is -1.27. The van der Waals surface area contributed by atoms with Crippen molar-refractivity contribution in [3.05, 3.63) is 188 Å². The van der Waals surface area contributed by atoms with Crippen molar-refractivity contribution < 1.29 is 28.0 Å². The van der Waals surface area contributed by atoms with Gasteiger partial charge in [0.25, 0.3) is 12.2 Å². The highest BCUT2D eigenvalue weighted by atomic mass is 32.5.